The Morgan fingerprint density at radius 3 is 2.85 bits per heavy atom. The molecule has 1 heterocycles. The highest BCUT2D eigenvalue weighted by Gasteiger charge is 2.06. The zero-order valence-corrected chi connectivity index (χ0v) is 8.24. The summed E-state index contributed by atoms with van der Waals surface area (Å²) in [6, 6.07) is 1.89. The average Bonchev–Trinajstić information content (AvgIpc) is 2.47. The van der Waals surface area contributed by atoms with Crippen LogP contribution in [0.3, 0.4) is 0 Å². The van der Waals surface area contributed by atoms with Gasteiger partial charge < -0.3 is 5.32 Å². The molecule has 0 aliphatic rings. The van der Waals surface area contributed by atoms with Crippen LogP contribution in [0, 0.1) is 5.92 Å². The number of nitrogens with zero attached hydrogens (tertiary/aromatic N) is 2. The van der Waals surface area contributed by atoms with E-state index < -0.39 is 0 Å². The van der Waals surface area contributed by atoms with Gasteiger partial charge >= 0.3 is 0 Å². The largest absolute Gasteiger partial charge is 0.350 e. The minimum absolute atomic E-state index is 0.0354. The van der Waals surface area contributed by atoms with E-state index in [4.69, 9.17) is 0 Å². The van der Waals surface area contributed by atoms with Crippen LogP contribution in [0.1, 0.15) is 19.5 Å². The molecule has 0 unspecified atom stereocenters. The molecule has 1 aromatic rings. The Kier molecular flexibility index (Phi) is 3.06. The molecule has 1 rings (SSSR count). The molecule has 0 aliphatic carbocycles. The van der Waals surface area contributed by atoms with Gasteiger partial charge in [0.2, 0.25) is 5.91 Å². The molecule has 1 N–H and O–H groups in total. The number of aryl methyl sites for hydroxylation is 1. The third-order valence-electron chi connectivity index (χ3n) is 1.89. The fraction of sp³-hybridized carbons (Fsp3) is 0.556. The van der Waals surface area contributed by atoms with Crippen LogP contribution in [0.25, 0.3) is 0 Å². The van der Waals surface area contributed by atoms with E-state index in [1.807, 2.05) is 27.0 Å². The highest BCUT2D eigenvalue weighted by molar-refractivity contribution is 5.77. The first kappa shape index (κ1) is 9.77. The van der Waals surface area contributed by atoms with Gasteiger partial charge in [-0.25, -0.2) is 0 Å². The first-order valence-electron chi connectivity index (χ1n) is 4.36. The second-order valence-corrected chi connectivity index (χ2v) is 3.32. The SMILES string of the molecule is CC(C)C(=O)NCc1ccnn1C. The van der Waals surface area contributed by atoms with Crippen LogP contribution in [0.2, 0.25) is 0 Å². The summed E-state index contributed by atoms with van der Waals surface area (Å²) in [5.74, 6) is 0.106. The lowest BCUT2D eigenvalue weighted by atomic mass is 10.2. The van der Waals surface area contributed by atoms with Crippen molar-refractivity contribution in [2.75, 3.05) is 0 Å². The first-order chi connectivity index (χ1) is 6.11. The van der Waals surface area contributed by atoms with E-state index in [-0.39, 0.29) is 11.8 Å². The van der Waals surface area contributed by atoms with Crippen molar-refractivity contribution in [2.24, 2.45) is 13.0 Å². The second-order valence-electron chi connectivity index (χ2n) is 3.32. The second kappa shape index (κ2) is 4.07. The normalized spacial score (nSPS) is 10.5. The fourth-order valence-corrected chi connectivity index (χ4v) is 0.957. The lowest BCUT2D eigenvalue weighted by Crippen LogP contribution is -2.27. The van der Waals surface area contributed by atoms with E-state index in [2.05, 4.69) is 10.4 Å². The van der Waals surface area contributed by atoms with Crippen LogP contribution >= 0.6 is 0 Å². The van der Waals surface area contributed by atoms with Gasteiger partial charge in [0.05, 0.1) is 12.2 Å². The number of hydrogen-bond acceptors (Lipinski definition) is 2. The molecule has 0 aliphatic heterocycles. The van der Waals surface area contributed by atoms with Gasteiger partial charge in [0, 0.05) is 19.2 Å². The molecule has 0 atom stereocenters. The smallest absolute Gasteiger partial charge is 0.222 e. The molecule has 0 spiro atoms. The molecule has 1 aromatic heterocycles. The summed E-state index contributed by atoms with van der Waals surface area (Å²) < 4.78 is 1.75. The molecule has 4 heteroatoms. The van der Waals surface area contributed by atoms with E-state index in [9.17, 15) is 4.79 Å². The van der Waals surface area contributed by atoms with Crippen molar-refractivity contribution in [3.05, 3.63) is 18.0 Å². The zero-order chi connectivity index (χ0) is 9.84. The summed E-state index contributed by atoms with van der Waals surface area (Å²) >= 11 is 0. The van der Waals surface area contributed by atoms with Crippen molar-refractivity contribution in [3.8, 4) is 0 Å². The monoisotopic (exact) mass is 181 g/mol. The maximum Gasteiger partial charge on any atom is 0.222 e. The third kappa shape index (κ3) is 2.57. The Morgan fingerprint density at radius 2 is 2.38 bits per heavy atom. The lowest BCUT2D eigenvalue weighted by Gasteiger charge is -2.07. The van der Waals surface area contributed by atoms with Gasteiger partial charge in [-0.05, 0) is 6.07 Å². The highest BCUT2D eigenvalue weighted by Crippen LogP contribution is 1.97. The number of nitrogens with one attached hydrogen (secondary N) is 1. The quantitative estimate of drug-likeness (QED) is 0.745. The Balaban J connectivity index is 2.44. The minimum Gasteiger partial charge on any atom is -0.350 e. The molecule has 0 fully saturated rings. The average molecular weight is 181 g/mol. The molecule has 4 nitrogen and oxygen atoms in total. The summed E-state index contributed by atoms with van der Waals surface area (Å²) in [6.07, 6.45) is 1.72. The molecular formula is C9H15N3O. The predicted molar refractivity (Wildman–Crippen MR) is 49.9 cm³/mol. The van der Waals surface area contributed by atoms with Gasteiger partial charge in [-0.2, -0.15) is 5.10 Å². The number of aromatic nitrogens is 2. The van der Waals surface area contributed by atoms with Gasteiger partial charge in [-0.3, -0.25) is 9.48 Å². The van der Waals surface area contributed by atoms with Gasteiger partial charge in [-0.15, -0.1) is 0 Å². The maximum atomic E-state index is 11.2. The Morgan fingerprint density at radius 1 is 1.69 bits per heavy atom. The summed E-state index contributed by atoms with van der Waals surface area (Å²) in [5.41, 5.74) is 1.01. The van der Waals surface area contributed by atoms with E-state index in [0.29, 0.717) is 6.54 Å². The molecule has 0 saturated heterocycles. The molecule has 72 valence electrons. The van der Waals surface area contributed by atoms with Crippen LogP contribution in [-0.2, 0) is 18.4 Å². The van der Waals surface area contributed by atoms with Crippen molar-refractivity contribution in [3.63, 3.8) is 0 Å². The molecule has 0 saturated carbocycles. The molecular weight excluding hydrogens is 166 g/mol. The van der Waals surface area contributed by atoms with E-state index in [1.54, 1.807) is 10.9 Å². The van der Waals surface area contributed by atoms with Crippen molar-refractivity contribution in [1.82, 2.24) is 15.1 Å². The zero-order valence-electron chi connectivity index (χ0n) is 8.24. The van der Waals surface area contributed by atoms with Gasteiger partial charge in [0.25, 0.3) is 0 Å². The Bertz CT molecular complexity index is 291. The van der Waals surface area contributed by atoms with Gasteiger partial charge in [0.15, 0.2) is 0 Å². The first-order valence-corrected chi connectivity index (χ1v) is 4.36. The lowest BCUT2D eigenvalue weighted by molar-refractivity contribution is -0.124. The van der Waals surface area contributed by atoms with Gasteiger partial charge in [0.1, 0.15) is 0 Å². The summed E-state index contributed by atoms with van der Waals surface area (Å²) in [5, 5.41) is 6.83. The number of carbonyl (C=O) groups excluding carboxylic acids is 1. The topological polar surface area (TPSA) is 46.9 Å². The van der Waals surface area contributed by atoms with Crippen molar-refractivity contribution < 1.29 is 4.79 Å². The molecule has 0 bridgehead atoms. The van der Waals surface area contributed by atoms with Crippen molar-refractivity contribution in [1.29, 1.82) is 0 Å². The standard InChI is InChI=1S/C9H15N3O/c1-7(2)9(13)10-6-8-4-5-11-12(8)3/h4-5,7H,6H2,1-3H3,(H,10,13). The molecule has 0 aromatic carbocycles. The van der Waals surface area contributed by atoms with E-state index in [0.717, 1.165) is 5.69 Å². The van der Waals surface area contributed by atoms with Crippen LogP contribution in [-0.4, -0.2) is 15.7 Å². The Hall–Kier alpha value is -1.32. The maximum absolute atomic E-state index is 11.2. The molecule has 0 radical (unpaired) electrons. The third-order valence-corrected chi connectivity index (χ3v) is 1.89. The number of hydrogen-bond donors (Lipinski definition) is 1. The van der Waals surface area contributed by atoms with E-state index in [1.165, 1.54) is 0 Å². The van der Waals surface area contributed by atoms with Gasteiger partial charge in [-0.1, -0.05) is 13.8 Å². The van der Waals surface area contributed by atoms with E-state index >= 15 is 0 Å². The fourth-order valence-electron chi connectivity index (χ4n) is 0.957. The number of rotatable bonds is 3. The summed E-state index contributed by atoms with van der Waals surface area (Å²) in [4.78, 5) is 11.2. The van der Waals surface area contributed by atoms with Crippen LogP contribution < -0.4 is 5.32 Å². The van der Waals surface area contributed by atoms with Crippen molar-refractivity contribution in [2.45, 2.75) is 20.4 Å². The molecule has 1 amide bonds. The molecule has 13 heavy (non-hydrogen) atoms. The van der Waals surface area contributed by atoms with Crippen LogP contribution in [0.15, 0.2) is 12.3 Å². The minimum atomic E-state index is 0.0354. The van der Waals surface area contributed by atoms with Crippen LogP contribution in [0.4, 0.5) is 0 Å². The summed E-state index contributed by atoms with van der Waals surface area (Å²) in [6.45, 7) is 4.30. The Labute approximate surface area is 77.9 Å². The van der Waals surface area contributed by atoms with Crippen molar-refractivity contribution >= 4 is 5.91 Å². The summed E-state index contributed by atoms with van der Waals surface area (Å²) in [7, 11) is 1.86. The number of carbonyl (C=O) groups is 1. The highest BCUT2D eigenvalue weighted by atomic mass is 16.1. The van der Waals surface area contributed by atoms with Crippen LogP contribution in [0.5, 0.6) is 0 Å². The predicted octanol–water partition coefficient (Wildman–Crippen LogP) is 0.692. The number of amides is 1.